The molecule has 0 heterocycles. The summed E-state index contributed by atoms with van der Waals surface area (Å²) in [6.45, 7) is 1.97. The van der Waals surface area contributed by atoms with E-state index in [1.807, 2.05) is 25.1 Å². The van der Waals surface area contributed by atoms with E-state index < -0.39 is 0 Å². The van der Waals surface area contributed by atoms with Crippen LogP contribution in [0.15, 0.2) is 46.9 Å². The van der Waals surface area contributed by atoms with Crippen molar-refractivity contribution in [1.29, 1.82) is 0 Å². The molecule has 2 aromatic rings. The first-order valence-corrected chi connectivity index (χ1v) is 6.54. The fourth-order valence-electron chi connectivity index (χ4n) is 1.66. The summed E-state index contributed by atoms with van der Waals surface area (Å²) in [6, 6.07) is 12.7. The third-order valence-electron chi connectivity index (χ3n) is 2.75. The van der Waals surface area contributed by atoms with Crippen LogP contribution in [0.4, 0.5) is 11.4 Å². The Morgan fingerprint density at radius 1 is 1.16 bits per heavy atom. The fourth-order valence-corrected chi connectivity index (χ4v) is 2.02. The number of anilines is 2. The van der Waals surface area contributed by atoms with Crippen molar-refractivity contribution in [3.63, 3.8) is 0 Å². The van der Waals surface area contributed by atoms with E-state index in [0.717, 1.165) is 21.4 Å². The Balaban J connectivity index is 2.18. The molecule has 4 N–H and O–H groups in total. The summed E-state index contributed by atoms with van der Waals surface area (Å²) in [7, 11) is 0. The normalized spacial score (nSPS) is 10.1. The summed E-state index contributed by atoms with van der Waals surface area (Å²) in [5, 5.41) is 2.87. The Bertz CT molecular complexity index is 596. The Morgan fingerprint density at radius 3 is 2.47 bits per heavy atom. The zero-order chi connectivity index (χ0) is 13.8. The Kier molecular flexibility index (Phi) is 4.19. The molecule has 0 aromatic heterocycles. The third-order valence-corrected chi connectivity index (χ3v) is 3.81. The predicted molar refractivity (Wildman–Crippen MR) is 81.1 cm³/mol. The van der Waals surface area contributed by atoms with Crippen molar-refractivity contribution in [1.82, 2.24) is 0 Å². The first kappa shape index (κ1) is 13.6. The molecule has 0 saturated carbocycles. The molecule has 2 aromatic carbocycles. The van der Waals surface area contributed by atoms with E-state index in [1.54, 1.807) is 24.3 Å². The van der Waals surface area contributed by atoms with E-state index in [9.17, 15) is 4.79 Å². The monoisotopic (exact) mass is 319 g/mol. The van der Waals surface area contributed by atoms with E-state index in [0.29, 0.717) is 5.56 Å². The van der Waals surface area contributed by atoms with Gasteiger partial charge >= 0.3 is 0 Å². The van der Waals surface area contributed by atoms with Crippen LogP contribution in [-0.4, -0.2) is 5.91 Å². The molecule has 0 unspecified atom stereocenters. The zero-order valence-electron chi connectivity index (χ0n) is 10.4. The van der Waals surface area contributed by atoms with Crippen molar-refractivity contribution in [2.24, 2.45) is 5.84 Å². The second-order valence-corrected chi connectivity index (χ2v) is 4.91. The molecular weight excluding hydrogens is 306 g/mol. The maximum absolute atomic E-state index is 12.1. The lowest BCUT2D eigenvalue weighted by Gasteiger charge is -2.09. The molecule has 0 atom stereocenters. The number of rotatable bonds is 3. The van der Waals surface area contributed by atoms with Gasteiger partial charge < -0.3 is 10.7 Å². The van der Waals surface area contributed by atoms with Crippen molar-refractivity contribution in [2.75, 3.05) is 10.7 Å². The van der Waals surface area contributed by atoms with Crippen molar-refractivity contribution >= 4 is 33.2 Å². The lowest BCUT2D eigenvalue weighted by atomic mass is 10.1. The first-order chi connectivity index (χ1) is 9.11. The summed E-state index contributed by atoms with van der Waals surface area (Å²) in [5.74, 6) is 5.12. The lowest BCUT2D eigenvalue weighted by molar-refractivity contribution is 0.102. The summed E-state index contributed by atoms with van der Waals surface area (Å²) in [5.41, 5.74) is 5.68. The highest BCUT2D eigenvalue weighted by Crippen LogP contribution is 2.26. The summed E-state index contributed by atoms with van der Waals surface area (Å²) in [4.78, 5) is 12.1. The van der Waals surface area contributed by atoms with Crippen LogP contribution in [0.3, 0.4) is 0 Å². The SMILES string of the molecule is Cc1cccc(NC(=O)c2ccc(NN)cc2)c1Br. The first-order valence-electron chi connectivity index (χ1n) is 5.75. The number of nitrogen functional groups attached to an aromatic ring is 1. The molecule has 19 heavy (non-hydrogen) atoms. The van der Waals surface area contributed by atoms with Crippen molar-refractivity contribution < 1.29 is 4.79 Å². The number of nitrogens with two attached hydrogens (primary N) is 1. The van der Waals surface area contributed by atoms with Crippen LogP contribution >= 0.6 is 15.9 Å². The standard InChI is InChI=1S/C14H14BrN3O/c1-9-3-2-4-12(13(9)15)17-14(19)10-5-7-11(18-16)8-6-10/h2-8,18H,16H2,1H3,(H,17,19). The van der Waals surface area contributed by atoms with Crippen LogP contribution in [0.5, 0.6) is 0 Å². The molecule has 0 radical (unpaired) electrons. The van der Waals surface area contributed by atoms with Crippen LogP contribution in [-0.2, 0) is 0 Å². The van der Waals surface area contributed by atoms with Crippen LogP contribution in [0.2, 0.25) is 0 Å². The van der Waals surface area contributed by atoms with Gasteiger partial charge in [-0.2, -0.15) is 0 Å². The summed E-state index contributed by atoms with van der Waals surface area (Å²) in [6.07, 6.45) is 0. The van der Waals surface area contributed by atoms with E-state index in [-0.39, 0.29) is 5.91 Å². The highest BCUT2D eigenvalue weighted by atomic mass is 79.9. The van der Waals surface area contributed by atoms with Gasteiger partial charge in [-0.15, -0.1) is 0 Å². The predicted octanol–water partition coefficient (Wildman–Crippen LogP) is 3.30. The van der Waals surface area contributed by atoms with E-state index in [2.05, 4.69) is 26.7 Å². The number of hydrogen-bond acceptors (Lipinski definition) is 3. The van der Waals surface area contributed by atoms with Gasteiger partial charge in [-0.05, 0) is 58.7 Å². The molecule has 2 rings (SSSR count). The Labute approximate surface area is 120 Å². The molecule has 0 aliphatic heterocycles. The molecule has 0 aliphatic carbocycles. The van der Waals surface area contributed by atoms with Crippen molar-refractivity contribution in [3.05, 3.63) is 58.1 Å². The van der Waals surface area contributed by atoms with Crippen LogP contribution in [0, 0.1) is 6.92 Å². The van der Waals surface area contributed by atoms with Gasteiger partial charge in [0.15, 0.2) is 0 Å². The van der Waals surface area contributed by atoms with E-state index >= 15 is 0 Å². The summed E-state index contributed by atoms with van der Waals surface area (Å²) >= 11 is 3.46. The van der Waals surface area contributed by atoms with Gasteiger partial charge in [0.2, 0.25) is 0 Å². The smallest absolute Gasteiger partial charge is 0.255 e. The second-order valence-electron chi connectivity index (χ2n) is 4.11. The zero-order valence-corrected chi connectivity index (χ0v) is 12.0. The maximum atomic E-state index is 12.1. The van der Waals surface area contributed by atoms with E-state index in [4.69, 9.17) is 5.84 Å². The van der Waals surface area contributed by atoms with Gasteiger partial charge in [-0.1, -0.05) is 12.1 Å². The van der Waals surface area contributed by atoms with Crippen molar-refractivity contribution in [2.45, 2.75) is 6.92 Å². The van der Waals surface area contributed by atoms with Gasteiger partial charge in [-0.25, -0.2) is 0 Å². The quantitative estimate of drug-likeness (QED) is 0.600. The number of carbonyl (C=O) groups excluding carboxylic acids is 1. The maximum Gasteiger partial charge on any atom is 0.255 e. The lowest BCUT2D eigenvalue weighted by Crippen LogP contribution is -2.13. The van der Waals surface area contributed by atoms with Crippen LogP contribution in [0.25, 0.3) is 0 Å². The van der Waals surface area contributed by atoms with Gasteiger partial charge in [0.05, 0.1) is 5.69 Å². The van der Waals surface area contributed by atoms with Crippen molar-refractivity contribution in [3.8, 4) is 0 Å². The molecule has 0 aliphatic rings. The van der Waals surface area contributed by atoms with Gasteiger partial charge in [-0.3, -0.25) is 10.6 Å². The molecule has 0 fully saturated rings. The number of hydrogen-bond donors (Lipinski definition) is 3. The number of hydrazine groups is 1. The van der Waals surface area contributed by atoms with Crippen LogP contribution in [0.1, 0.15) is 15.9 Å². The number of nitrogens with one attached hydrogen (secondary N) is 2. The fraction of sp³-hybridized carbons (Fsp3) is 0.0714. The van der Waals surface area contributed by atoms with Gasteiger partial charge in [0, 0.05) is 15.7 Å². The molecule has 4 nitrogen and oxygen atoms in total. The third kappa shape index (κ3) is 3.13. The minimum absolute atomic E-state index is 0.158. The highest BCUT2D eigenvalue weighted by Gasteiger charge is 2.09. The number of amides is 1. The minimum atomic E-state index is -0.158. The molecule has 1 amide bonds. The number of aryl methyl sites for hydroxylation is 1. The Morgan fingerprint density at radius 2 is 1.84 bits per heavy atom. The average Bonchev–Trinajstić information content (AvgIpc) is 2.44. The second kappa shape index (κ2) is 5.86. The molecule has 0 saturated heterocycles. The van der Waals surface area contributed by atoms with Gasteiger partial charge in [0.1, 0.15) is 0 Å². The summed E-state index contributed by atoms with van der Waals surface area (Å²) < 4.78 is 0.892. The van der Waals surface area contributed by atoms with Gasteiger partial charge in [0.25, 0.3) is 5.91 Å². The largest absolute Gasteiger partial charge is 0.324 e. The highest BCUT2D eigenvalue weighted by molar-refractivity contribution is 9.10. The number of halogens is 1. The van der Waals surface area contributed by atoms with Crippen LogP contribution < -0.4 is 16.6 Å². The molecule has 98 valence electrons. The molecule has 0 spiro atoms. The molecule has 0 bridgehead atoms. The Hall–Kier alpha value is -1.85. The number of benzene rings is 2. The van der Waals surface area contributed by atoms with E-state index in [1.165, 1.54) is 0 Å². The minimum Gasteiger partial charge on any atom is -0.324 e. The average molecular weight is 320 g/mol. The topological polar surface area (TPSA) is 67.2 Å². The molecule has 5 heteroatoms. The molecular formula is C14H14BrN3O. The number of carbonyl (C=O) groups is 1.